The largest absolute Gasteiger partial charge is 0.481 e. The van der Waals surface area contributed by atoms with E-state index in [1.54, 1.807) is 11.9 Å². The lowest BCUT2D eigenvalue weighted by Crippen LogP contribution is -2.43. The molecule has 0 radical (unpaired) electrons. The monoisotopic (exact) mass is 400 g/mol. The molecule has 0 unspecified atom stereocenters. The van der Waals surface area contributed by atoms with Crippen molar-refractivity contribution in [3.05, 3.63) is 29.1 Å². The summed E-state index contributed by atoms with van der Waals surface area (Å²) in [6.45, 7) is 4.45. The van der Waals surface area contributed by atoms with Crippen molar-refractivity contribution in [2.75, 3.05) is 7.05 Å². The third-order valence-electron chi connectivity index (χ3n) is 5.83. The van der Waals surface area contributed by atoms with E-state index < -0.39 is 11.5 Å². The molecule has 1 saturated heterocycles. The standard InChI is InChI=1S/C21H28N4O4/c1-13-10-15-16(11-14(13)2)23-17(22-15)12-25(3)19(27)5-8-21(9-6-20(28)29)7-4-18(26)24-21/h10-11H,4-9,12H2,1-3H3,(H,22,23)(H,24,26)(H,28,29)/t21-/m0/s1. The van der Waals surface area contributed by atoms with Gasteiger partial charge in [-0.15, -0.1) is 0 Å². The Kier molecular flexibility index (Phi) is 5.91. The number of H-pyrrole nitrogens is 1. The Balaban J connectivity index is 1.61. The van der Waals surface area contributed by atoms with E-state index in [9.17, 15) is 14.4 Å². The average Bonchev–Trinajstić information content (AvgIpc) is 3.21. The Morgan fingerprint density at radius 2 is 1.90 bits per heavy atom. The Morgan fingerprint density at radius 3 is 2.55 bits per heavy atom. The molecule has 3 N–H and O–H groups in total. The number of aliphatic carboxylic acids is 1. The number of amides is 2. The van der Waals surface area contributed by atoms with Crippen LogP contribution in [0.3, 0.4) is 0 Å². The highest BCUT2D eigenvalue weighted by Crippen LogP contribution is 2.30. The highest BCUT2D eigenvalue weighted by atomic mass is 16.4. The molecule has 156 valence electrons. The fourth-order valence-corrected chi connectivity index (χ4v) is 3.87. The average molecular weight is 400 g/mol. The maximum atomic E-state index is 12.6. The summed E-state index contributed by atoms with van der Waals surface area (Å²) in [5.74, 6) is -0.322. The van der Waals surface area contributed by atoms with Gasteiger partial charge in [-0.05, 0) is 56.4 Å². The fraction of sp³-hybridized carbons (Fsp3) is 0.524. The molecule has 1 aliphatic heterocycles. The number of nitrogens with one attached hydrogen (secondary N) is 2. The van der Waals surface area contributed by atoms with Gasteiger partial charge >= 0.3 is 5.97 Å². The number of imidazole rings is 1. The van der Waals surface area contributed by atoms with Gasteiger partial charge in [-0.1, -0.05) is 0 Å². The Labute approximate surface area is 169 Å². The van der Waals surface area contributed by atoms with Crippen molar-refractivity contribution in [1.29, 1.82) is 0 Å². The number of nitrogens with zero attached hydrogens (tertiary/aromatic N) is 2. The normalized spacial score (nSPS) is 18.8. The summed E-state index contributed by atoms with van der Waals surface area (Å²) in [6, 6.07) is 4.08. The van der Waals surface area contributed by atoms with E-state index in [0.717, 1.165) is 16.9 Å². The number of carboxylic acids is 1. The molecule has 3 rings (SSSR count). The summed E-state index contributed by atoms with van der Waals surface area (Å²) < 4.78 is 0. The first-order valence-corrected chi connectivity index (χ1v) is 9.90. The van der Waals surface area contributed by atoms with Gasteiger partial charge in [0.15, 0.2) is 0 Å². The number of aryl methyl sites for hydroxylation is 2. The van der Waals surface area contributed by atoms with Crippen LogP contribution < -0.4 is 5.32 Å². The lowest BCUT2D eigenvalue weighted by atomic mass is 9.86. The summed E-state index contributed by atoms with van der Waals surface area (Å²) in [6.07, 6.45) is 1.94. The van der Waals surface area contributed by atoms with Crippen LogP contribution in [0.5, 0.6) is 0 Å². The first kappa shape index (κ1) is 20.8. The van der Waals surface area contributed by atoms with Gasteiger partial charge in [0, 0.05) is 31.8 Å². The van der Waals surface area contributed by atoms with Crippen molar-refractivity contribution in [2.24, 2.45) is 0 Å². The maximum absolute atomic E-state index is 12.6. The number of fused-ring (bicyclic) bond motifs is 1. The second kappa shape index (κ2) is 8.23. The second-order valence-corrected chi connectivity index (χ2v) is 8.11. The number of hydrogen-bond acceptors (Lipinski definition) is 4. The van der Waals surface area contributed by atoms with Gasteiger partial charge in [0.25, 0.3) is 0 Å². The zero-order valence-corrected chi connectivity index (χ0v) is 17.2. The predicted octanol–water partition coefficient (Wildman–Crippen LogP) is 2.43. The number of carbonyl (C=O) groups excluding carboxylic acids is 2. The molecule has 29 heavy (non-hydrogen) atoms. The van der Waals surface area contributed by atoms with Gasteiger partial charge in [-0.2, -0.15) is 0 Å². The molecular formula is C21H28N4O4. The van der Waals surface area contributed by atoms with Gasteiger partial charge in [-0.3, -0.25) is 14.4 Å². The van der Waals surface area contributed by atoms with Gasteiger partial charge in [-0.25, -0.2) is 4.98 Å². The zero-order valence-electron chi connectivity index (χ0n) is 17.2. The number of benzene rings is 1. The Morgan fingerprint density at radius 1 is 1.21 bits per heavy atom. The zero-order chi connectivity index (χ0) is 21.2. The van der Waals surface area contributed by atoms with Gasteiger partial charge < -0.3 is 20.3 Å². The highest BCUT2D eigenvalue weighted by Gasteiger charge is 2.38. The molecule has 1 aliphatic rings. The van der Waals surface area contributed by atoms with Crippen LogP contribution in [0.1, 0.15) is 55.5 Å². The number of carboxylic acid groups (broad SMARTS) is 1. The molecule has 1 atom stereocenters. The van der Waals surface area contributed by atoms with E-state index in [1.807, 2.05) is 19.9 Å². The van der Waals surface area contributed by atoms with Crippen LogP contribution in [0, 0.1) is 13.8 Å². The van der Waals surface area contributed by atoms with Gasteiger partial charge in [0.2, 0.25) is 11.8 Å². The van der Waals surface area contributed by atoms with Crippen LogP contribution >= 0.6 is 0 Å². The third-order valence-corrected chi connectivity index (χ3v) is 5.83. The number of rotatable bonds is 8. The summed E-state index contributed by atoms with van der Waals surface area (Å²) in [7, 11) is 1.73. The summed E-state index contributed by atoms with van der Waals surface area (Å²) in [5.41, 5.74) is 3.59. The lowest BCUT2D eigenvalue weighted by Gasteiger charge is -2.29. The van der Waals surface area contributed by atoms with Crippen LogP contribution in [0.15, 0.2) is 12.1 Å². The molecule has 2 heterocycles. The number of carbonyl (C=O) groups is 3. The highest BCUT2D eigenvalue weighted by molar-refractivity contribution is 5.81. The fourth-order valence-electron chi connectivity index (χ4n) is 3.87. The minimum atomic E-state index is -0.899. The lowest BCUT2D eigenvalue weighted by molar-refractivity contribution is -0.137. The molecule has 0 saturated carbocycles. The molecule has 0 bridgehead atoms. The minimum absolute atomic E-state index is 0.0257. The van der Waals surface area contributed by atoms with E-state index in [0.29, 0.717) is 32.2 Å². The summed E-state index contributed by atoms with van der Waals surface area (Å²) in [5, 5.41) is 11.9. The molecule has 2 aromatic rings. The quantitative estimate of drug-likeness (QED) is 0.629. The van der Waals surface area contributed by atoms with Crippen molar-refractivity contribution in [3.63, 3.8) is 0 Å². The van der Waals surface area contributed by atoms with E-state index in [1.165, 1.54) is 11.1 Å². The minimum Gasteiger partial charge on any atom is -0.481 e. The number of aromatic nitrogens is 2. The van der Waals surface area contributed by atoms with Crippen LogP contribution in [0.25, 0.3) is 11.0 Å². The van der Waals surface area contributed by atoms with Crippen LogP contribution in [0.4, 0.5) is 0 Å². The van der Waals surface area contributed by atoms with Crippen LogP contribution in [-0.4, -0.2) is 50.3 Å². The van der Waals surface area contributed by atoms with Crippen molar-refractivity contribution in [1.82, 2.24) is 20.2 Å². The Hall–Kier alpha value is -2.90. The first-order chi connectivity index (χ1) is 13.7. The topological polar surface area (TPSA) is 115 Å². The molecule has 0 spiro atoms. The van der Waals surface area contributed by atoms with E-state index in [2.05, 4.69) is 21.4 Å². The smallest absolute Gasteiger partial charge is 0.303 e. The maximum Gasteiger partial charge on any atom is 0.303 e. The van der Waals surface area contributed by atoms with E-state index in [-0.39, 0.29) is 24.7 Å². The van der Waals surface area contributed by atoms with Crippen molar-refractivity contribution < 1.29 is 19.5 Å². The SMILES string of the molecule is Cc1cc2nc(CN(C)C(=O)CC[C@]3(CCC(=O)O)CCC(=O)N3)[nH]c2cc1C. The first-order valence-electron chi connectivity index (χ1n) is 9.90. The molecule has 1 fully saturated rings. The molecule has 0 aliphatic carbocycles. The molecule has 8 heteroatoms. The molecule has 2 amide bonds. The summed E-state index contributed by atoms with van der Waals surface area (Å²) in [4.78, 5) is 44.7. The van der Waals surface area contributed by atoms with Crippen LogP contribution in [-0.2, 0) is 20.9 Å². The van der Waals surface area contributed by atoms with Crippen molar-refractivity contribution in [2.45, 2.75) is 64.5 Å². The molecule has 8 nitrogen and oxygen atoms in total. The third kappa shape index (κ3) is 4.93. The van der Waals surface area contributed by atoms with Gasteiger partial charge in [0.05, 0.1) is 17.6 Å². The number of hydrogen-bond donors (Lipinski definition) is 3. The molecule has 1 aromatic heterocycles. The summed E-state index contributed by atoms with van der Waals surface area (Å²) >= 11 is 0. The predicted molar refractivity (Wildman–Crippen MR) is 108 cm³/mol. The second-order valence-electron chi connectivity index (χ2n) is 8.11. The molecule has 1 aromatic carbocycles. The van der Waals surface area contributed by atoms with Crippen LogP contribution in [0.2, 0.25) is 0 Å². The Bertz CT molecular complexity index is 913. The van der Waals surface area contributed by atoms with Crippen molar-refractivity contribution >= 4 is 28.8 Å². The number of aromatic amines is 1. The van der Waals surface area contributed by atoms with Gasteiger partial charge in [0.1, 0.15) is 5.82 Å². The van der Waals surface area contributed by atoms with E-state index >= 15 is 0 Å². The van der Waals surface area contributed by atoms with Crippen molar-refractivity contribution in [3.8, 4) is 0 Å². The molecular weight excluding hydrogens is 372 g/mol. The van der Waals surface area contributed by atoms with E-state index in [4.69, 9.17) is 5.11 Å².